The zero-order valence-corrected chi connectivity index (χ0v) is 16.0. The highest BCUT2D eigenvalue weighted by Crippen LogP contribution is 2.27. The van der Waals surface area contributed by atoms with Crippen LogP contribution in [0.25, 0.3) is 0 Å². The third-order valence-corrected chi connectivity index (χ3v) is 4.26. The van der Waals surface area contributed by atoms with Crippen LogP contribution < -0.4 is 5.32 Å². The summed E-state index contributed by atoms with van der Waals surface area (Å²) in [6.45, 7) is 5.39. The number of nitrogens with one attached hydrogen (secondary N) is 1. The second kappa shape index (κ2) is 8.23. The number of benzene rings is 1. The monoisotopic (exact) mass is 390 g/mol. The fourth-order valence-corrected chi connectivity index (χ4v) is 2.73. The van der Waals surface area contributed by atoms with E-state index in [0.29, 0.717) is 0 Å². The van der Waals surface area contributed by atoms with Crippen LogP contribution in [0, 0.1) is 17.1 Å². The molecule has 0 aliphatic carbocycles. The summed E-state index contributed by atoms with van der Waals surface area (Å²) in [5.41, 5.74) is 0.0296. The highest BCUT2D eigenvalue weighted by Gasteiger charge is 2.30. The molecule has 6 nitrogen and oxygen atoms in total. The predicted octanol–water partition coefficient (Wildman–Crippen LogP) is 4.68. The molecule has 0 saturated heterocycles. The molecule has 1 unspecified atom stereocenters. The molecule has 27 heavy (non-hydrogen) atoms. The number of amides is 1. The van der Waals surface area contributed by atoms with E-state index < -0.39 is 23.5 Å². The van der Waals surface area contributed by atoms with Crippen LogP contribution >= 0.6 is 11.6 Å². The topological polar surface area (TPSA) is 89.3 Å². The Hall–Kier alpha value is -2.85. The van der Waals surface area contributed by atoms with Gasteiger partial charge in [0.15, 0.2) is 11.6 Å². The first kappa shape index (κ1) is 20.5. The Kier molecular flexibility index (Phi) is 6.24. The van der Waals surface area contributed by atoms with Crippen LogP contribution in [0.2, 0.25) is 5.15 Å². The fraction of sp³-hybridized carbons (Fsp3) is 0.316. The van der Waals surface area contributed by atoms with Crippen molar-refractivity contribution in [1.82, 2.24) is 9.88 Å². The molecule has 2 rings (SSSR count). The smallest absolute Gasteiger partial charge is 0.407 e. The molecule has 1 aromatic carbocycles. The second-order valence-corrected chi connectivity index (χ2v) is 7.30. The Labute approximate surface area is 162 Å². The Morgan fingerprint density at radius 2 is 2.04 bits per heavy atom. The number of rotatable bonds is 5. The van der Waals surface area contributed by atoms with E-state index >= 15 is 0 Å². The molecule has 2 N–H and O–H groups in total. The quantitative estimate of drug-likeness (QED) is 0.723. The zero-order valence-electron chi connectivity index (χ0n) is 15.2. The van der Waals surface area contributed by atoms with Crippen LogP contribution in [0.3, 0.4) is 0 Å². The van der Waals surface area contributed by atoms with Crippen molar-refractivity contribution in [2.45, 2.75) is 32.4 Å². The summed E-state index contributed by atoms with van der Waals surface area (Å²) in [5, 5.41) is 21.3. The maximum atomic E-state index is 14.4. The van der Waals surface area contributed by atoms with Crippen LogP contribution in [-0.4, -0.2) is 33.2 Å². The first-order valence-corrected chi connectivity index (χ1v) is 8.59. The largest absolute Gasteiger partial charge is 0.465 e. The van der Waals surface area contributed by atoms with Crippen LogP contribution in [0.4, 0.5) is 15.0 Å². The van der Waals surface area contributed by atoms with E-state index in [-0.39, 0.29) is 23.1 Å². The van der Waals surface area contributed by atoms with Gasteiger partial charge >= 0.3 is 6.09 Å². The van der Waals surface area contributed by atoms with Gasteiger partial charge in [-0.05, 0) is 32.4 Å². The molecule has 0 aliphatic heterocycles. The molecule has 1 amide bonds. The van der Waals surface area contributed by atoms with Gasteiger partial charge in [-0.15, -0.1) is 0 Å². The summed E-state index contributed by atoms with van der Waals surface area (Å²) < 4.78 is 14.4. The van der Waals surface area contributed by atoms with Crippen LogP contribution in [0.5, 0.6) is 0 Å². The summed E-state index contributed by atoms with van der Waals surface area (Å²) in [6.07, 6.45) is -1.09. The van der Waals surface area contributed by atoms with Crippen molar-refractivity contribution < 1.29 is 14.3 Å². The average Bonchev–Trinajstić information content (AvgIpc) is 2.60. The predicted molar refractivity (Wildman–Crippen MR) is 101 cm³/mol. The minimum atomic E-state index is -1.09. The van der Waals surface area contributed by atoms with Crippen molar-refractivity contribution in [2.24, 2.45) is 0 Å². The normalized spacial score (nSPS) is 12.1. The fourth-order valence-electron chi connectivity index (χ4n) is 2.55. The molecule has 1 heterocycles. The molecule has 0 bridgehead atoms. The first-order chi connectivity index (χ1) is 12.6. The second-order valence-electron chi connectivity index (χ2n) is 6.94. The molecule has 0 aliphatic rings. The molecule has 142 valence electrons. The van der Waals surface area contributed by atoms with Gasteiger partial charge in [-0.3, -0.25) is 0 Å². The lowest BCUT2D eigenvalue weighted by Gasteiger charge is -2.36. The highest BCUT2D eigenvalue weighted by atomic mass is 35.5. The van der Waals surface area contributed by atoms with Crippen molar-refractivity contribution in [3.63, 3.8) is 0 Å². The zero-order chi connectivity index (χ0) is 20.2. The number of aromatic nitrogens is 1. The molecule has 0 saturated carbocycles. The maximum absolute atomic E-state index is 14.4. The Morgan fingerprint density at radius 3 is 2.56 bits per heavy atom. The van der Waals surface area contributed by atoms with E-state index in [1.807, 2.05) is 30.3 Å². The van der Waals surface area contributed by atoms with Gasteiger partial charge in [-0.2, -0.15) is 5.26 Å². The van der Waals surface area contributed by atoms with Crippen molar-refractivity contribution >= 4 is 23.5 Å². The Bertz CT molecular complexity index is 862. The summed E-state index contributed by atoms with van der Waals surface area (Å²) in [4.78, 5) is 16.9. The van der Waals surface area contributed by atoms with Crippen LogP contribution in [0.15, 0.2) is 36.4 Å². The minimum absolute atomic E-state index is 0.0571. The lowest BCUT2D eigenvalue weighted by molar-refractivity contribution is 0.0974. The third kappa shape index (κ3) is 5.08. The van der Waals surface area contributed by atoms with Crippen LogP contribution in [-0.2, 0) is 0 Å². The van der Waals surface area contributed by atoms with Crippen molar-refractivity contribution in [3.8, 4) is 6.07 Å². The number of nitriles is 1. The molecule has 0 fully saturated rings. The van der Waals surface area contributed by atoms with Gasteiger partial charge in [0, 0.05) is 12.1 Å². The van der Waals surface area contributed by atoms with Gasteiger partial charge < -0.3 is 15.3 Å². The van der Waals surface area contributed by atoms with Gasteiger partial charge in [0.2, 0.25) is 0 Å². The van der Waals surface area contributed by atoms with E-state index in [9.17, 15) is 14.3 Å². The number of hydrogen-bond acceptors (Lipinski definition) is 4. The summed E-state index contributed by atoms with van der Waals surface area (Å²) in [5.74, 6) is -0.887. The molecule has 1 atom stereocenters. The maximum Gasteiger partial charge on any atom is 0.407 e. The van der Waals surface area contributed by atoms with Crippen molar-refractivity contribution in [3.05, 3.63) is 58.5 Å². The number of pyridine rings is 1. The molecule has 2 aromatic rings. The molecule has 0 radical (unpaired) electrons. The van der Waals surface area contributed by atoms with Crippen molar-refractivity contribution in [2.75, 3.05) is 11.9 Å². The highest BCUT2D eigenvalue weighted by molar-refractivity contribution is 6.30. The summed E-state index contributed by atoms with van der Waals surface area (Å²) in [7, 11) is 0. The molecule has 1 aromatic heterocycles. The van der Waals surface area contributed by atoms with Gasteiger partial charge in [-0.1, -0.05) is 41.9 Å². The third-order valence-electron chi connectivity index (χ3n) is 3.97. The number of carboxylic acid groups (broad SMARTS) is 1. The molecular formula is C19H20ClFN4O2. The summed E-state index contributed by atoms with van der Waals surface area (Å²) in [6, 6.07) is 11.3. The van der Waals surface area contributed by atoms with Gasteiger partial charge in [0.25, 0.3) is 0 Å². The lowest BCUT2D eigenvalue weighted by Crippen LogP contribution is -2.48. The van der Waals surface area contributed by atoms with E-state index in [1.54, 1.807) is 26.8 Å². The number of nitrogens with zero attached hydrogens (tertiary/aromatic N) is 3. The van der Waals surface area contributed by atoms with Crippen LogP contribution in [0.1, 0.15) is 37.9 Å². The van der Waals surface area contributed by atoms with E-state index in [2.05, 4.69) is 10.3 Å². The SMILES string of the molecule is CC(C)(C)N(CC(Nc1nc(Cl)c(C#N)cc1F)c1ccccc1)C(=O)O. The Morgan fingerprint density at radius 1 is 1.41 bits per heavy atom. The van der Waals surface area contributed by atoms with E-state index in [4.69, 9.17) is 16.9 Å². The van der Waals surface area contributed by atoms with Crippen molar-refractivity contribution in [1.29, 1.82) is 5.26 Å². The lowest BCUT2D eigenvalue weighted by atomic mass is 10.0. The summed E-state index contributed by atoms with van der Waals surface area (Å²) >= 11 is 5.91. The van der Waals surface area contributed by atoms with Gasteiger partial charge in [0.05, 0.1) is 11.6 Å². The number of anilines is 1. The minimum Gasteiger partial charge on any atom is -0.465 e. The Balaban J connectivity index is 2.42. The standard InChI is InChI=1S/C19H20ClFN4O2/c1-19(2,3)25(18(26)27)11-15(12-7-5-4-6-8-12)23-17-14(21)9-13(10-22)16(20)24-17/h4-9,15H,11H2,1-3H3,(H,23,24)(H,26,27). The number of carbonyl (C=O) groups is 1. The molecule has 0 spiro atoms. The molecule has 8 heteroatoms. The van der Waals surface area contributed by atoms with E-state index in [0.717, 1.165) is 11.6 Å². The number of hydrogen-bond donors (Lipinski definition) is 2. The van der Waals surface area contributed by atoms with E-state index in [1.165, 1.54) is 4.90 Å². The molecular weight excluding hydrogens is 371 g/mol. The first-order valence-electron chi connectivity index (χ1n) is 8.21. The number of halogens is 2. The van der Waals surface area contributed by atoms with Gasteiger partial charge in [0.1, 0.15) is 11.2 Å². The van der Waals surface area contributed by atoms with Gasteiger partial charge in [-0.25, -0.2) is 14.2 Å². The average molecular weight is 391 g/mol.